The molecule has 27 heavy (non-hydrogen) atoms. The Morgan fingerprint density at radius 1 is 1.26 bits per heavy atom. The van der Waals surface area contributed by atoms with E-state index in [1.807, 2.05) is 32.9 Å². The smallest absolute Gasteiger partial charge is 0.346 e. The molecule has 2 amide bonds. The van der Waals surface area contributed by atoms with Gasteiger partial charge in [-0.3, -0.25) is 14.2 Å². The number of carbonyl (C=O) groups is 2. The van der Waals surface area contributed by atoms with Gasteiger partial charge in [0.05, 0.1) is 0 Å². The lowest BCUT2D eigenvalue weighted by atomic mass is 10.1. The number of nitrogens with zero attached hydrogens (tertiary/aromatic N) is 4. The van der Waals surface area contributed by atoms with Gasteiger partial charge in [0.25, 0.3) is 5.91 Å². The van der Waals surface area contributed by atoms with E-state index in [0.29, 0.717) is 24.7 Å². The first-order valence-electron chi connectivity index (χ1n) is 8.66. The Morgan fingerprint density at radius 3 is 2.67 bits per heavy atom. The van der Waals surface area contributed by atoms with Gasteiger partial charge in [0.2, 0.25) is 11.7 Å². The molecule has 8 nitrogen and oxygen atoms in total. The van der Waals surface area contributed by atoms with Gasteiger partial charge in [0.1, 0.15) is 6.54 Å². The van der Waals surface area contributed by atoms with Crippen molar-refractivity contribution in [2.45, 2.75) is 45.9 Å². The zero-order chi connectivity index (χ0) is 19.8. The van der Waals surface area contributed by atoms with Crippen LogP contribution in [0.5, 0.6) is 0 Å². The Balaban J connectivity index is 1.78. The van der Waals surface area contributed by atoms with Gasteiger partial charge in [-0.25, -0.2) is 9.48 Å². The second kappa shape index (κ2) is 7.19. The van der Waals surface area contributed by atoms with Crippen molar-refractivity contribution in [1.82, 2.24) is 24.6 Å². The summed E-state index contributed by atoms with van der Waals surface area (Å²) in [5.74, 6) is -0.617. The molecule has 0 aliphatic carbocycles. The van der Waals surface area contributed by atoms with Crippen LogP contribution in [-0.2, 0) is 24.4 Å². The number of carbonyl (C=O) groups excluding carboxylic acids is 2. The number of hydrogen-bond acceptors (Lipinski definition) is 4. The molecule has 1 N–H and O–H groups in total. The molecule has 0 bridgehead atoms. The van der Waals surface area contributed by atoms with Crippen molar-refractivity contribution in [3.8, 4) is 0 Å². The van der Waals surface area contributed by atoms with Crippen molar-refractivity contribution < 1.29 is 9.59 Å². The van der Waals surface area contributed by atoms with Crippen molar-refractivity contribution in [3.05, 3.63) is 51.2 Å². The van der Waals surface area contributed by atoms with Crippen molar-refractivity contribution in [2.75, 3.05) is 6.54 Å². The summed E-state index contributed by atoms with van der Waals surface area (Å²) in [5.41, 5.74) is 0.0318. The van der Waals surface area contributed by atoms with Gasteiger partial charge >= 0.3 is 5.69 Å². The van der Waals surface area contributed by atoms with Crippen LogP contribution in [0.4, 0.5) is 0 Å². The highest BCUT2D eigenvalue weighted by molar-refractivity contribution is 6.30. The van der Waals surface area contributed by atoms with Gasteiger partial charge in [-0.2, -0.15) is 0 Å². The van der Waals surface area contributed by atoms with E-state index in [9.17, 15) is 14.4 Å². The van der Waals surface area contributed by atoms with Gasteiger partial charge in [-0.05, 0) is 38.5 Å². The highest BCUT2D eigenvalue weighted by Crippen LogP contribution is 2.16. The summed E-state index contributed by atoms with van der Waals surface area (Å²) in [5, 5.41) is 7.48. The zero-order valence-electron chi connectivity index (χ0n) is 15.5. The number of rotatable bonds is 4. The molecule has 0 atom stereocenters. The standard InChI is InChI=1S/C18H22ClN5O3/c1-18(2,3)20-14(25)11-24-17(27)23-8-7-22(16(26)15(23)21-24)10-12-5-4-6-13(19)9-12/h4-6,9H,7-8,10-11H2,1-3H3,(H,20,25). The third-order valence-corrected chi connectivity index (χ3v) is 4.30. The predicted molar refractivity (Wildman–Crippen MR) is 101 cm³/mol. The average molecular weight is 392 g/mol. The van der Waals surface area contributed by atoms with Crippen molar-refractivity contribution >= 4 is 23.4 Å². The van der Waals surface area contributed by atoms with E-state index >= 15 is 0 Å². The predicted octanol–water partition coefficient (Wildman–Crippen LogP) is 1.27. The SMILES string of the molecule is CC(C)(C)NC(=O)Cn1nc2n(c1=O)CCN(Cc1cccc(Cl)c1)C2=O. The van der Waals surface area contributed by atoms with E-state index in [4.69, 9.17) is 11.6 Å². The maximum atomic E-state index is 12.7. The van der Waals surface area contributed by atoms with Crippen molar-refractivity contribution in [1.29, 1.82) is 0 Å². The number of hydrogen-bond donors (Lipinski definition) is 1. The summed E-state index contributed by atoms with van der Waals surface area (Å²) >= 11 is 6.00. The van der Waals surface area contributed by atoms with Crippen LogP contribution in [-0.4, -0.2) is 43.1 Å². The molecule has 3 rings (SSSR count). The lowest BCUT2D eigenvalue weighted by molar-refractivity contribution is -0.123. The lowest BCUT2D eigenvalue weighted by Crippen LogP contribution is -2.44. The highest BCUT2D eigenvalue weighted by Gasteiger charge is 2.30. The number of nitrogens with one attached hydrogen (secondary N) is 1. The molecule has 144 valence electrons. The highest BCUT2D eigenvalue weighted by atomic mass is 35.5. The normalized spacial score (nSPS) is 14.2. The molecule has 1 aromatic heterocycles. The number of aromatic nitrogens is 3. The minimum Gasteiger partial charge on any atom is -0.350 e. The third-order valence-electron chi connectivity index (χ3n) is 4.07. The van der Waals surface area contributed by atoms with Crippen LogP contribution in [0.25, 0.3) is 0 Å². The molecule has 1 aromatic carbocycles. The Kier molecular flexibility index (Phi) is 5.10. The van der Waals surface area contributed by atoms with Gasteiger partial charge in [-0.15, -0.1) is 5.10 Å². The zero-order valence-corrected chi connectivity index (χ0v) is 16.3. The summed E-state index contributed by atoms with van der Waals surface area (Å²) in [6.45, 7) is 6.43. The molecule has 0 radical (unpaired) electrons. The summed E-state index contributed by atoms with van der Waals surface area (Å²) in [7, 11) is 0. The quantitative estimate of drug-likeness (QED) is 0.849. The fourth-order valence-electron chi connectivity index (χ4n) is 2.97. The van der Waals surface area contributed by atoms with E-state index in [1.54, 1.807) is 17.0 Å². The number of fused-ring (bicyclic) bond motifs is 1. The van der Waals surface area contributed by atoms with Crippen LogP contribution in [0.2, 0.25) is 5.02 Å². The number of benzene rings is 1. The van der Waals surface area contributed by atoms with Crippen LogP contribution in [0.1, 0.15) is 37.0 Å². The largest absolute Gasteiger partial charge is 0.350 e. The summed E-state index contributed by atoms with van der Waals surface area (Å²) < 4.78 is 2.36. The third kappa shape index (κ3) is 4.39. The van der Waals surface area contributed by atoms with E-state index in [-0.39, 0.29) is 24.2 Å². The minimum atomic E-state index is -0.454. The summed E-state index contributed by atoms with van der Waals surface area (Å²) in [4.78, 5) is 38.9. The Bertz CT molecular complexity index is 941. The Morgan fingerprint density at radius 2 is 2.00 bits per heavy atom. The monoisotopic (exact) mass is 391 g/mol. The minimum absolute atomic E-state index is 0.0526. The maximum Gasteiger partial charge on any atom is 0.346 e. The fraction of sp³-hybridized carbons (Fsp3) is 0.444. The molecular weight excluding hydrogens is 370 g/mol. The molecule has 0 saturated carbocycles. The number of halogens is 1. The van der Waals surface area contributed by atoms with Crippen LogP contribution in [0.3, 0.4) is 0 Å². The Hall–Kier alpha value is -2.61. The van der Waals surface area contributed by atoms with Gasteiger partial charge in [0, 0.05) is 30.2 Å². The van der Waals surface area contributed by atoms with Gasteiger partial charge in [0.15, 0.2) is 0 Å². The first-order chi connectivity index (χ1) is 12.6. The first-order valence-corrected chi connectivity index (χ1v) is 9.04. The van der Waals surface area contributed by atoms with Crippen molar-refractivity contribution in [3.63, 3.8) is 0 Å². The molecule has 0 unspecified atom stereocenters. The van der Waals surface area contributed by atoms with E-state index in [0.717, 1.165) is 10.2 Å². The molecule has 0 spiro atoms. The number of amides is 2. The molecule has 1 aliphatic heterocycles. The topological polar surface area (TPSA) is 89.2 Å². The van der Waals surface area contributed by atoms with Crippen molar-refractivity contribution in [2.24, 2.45) is 0 Å². The van der Waals surface area contributed by atoms with Gasteiger partial charge < -0.3 is 10.2 Å². The maximum absolute atomic E-state index is 12.7. The lowest BCUT2D eigenvalue weighted by Gasteiger charge is -2.26. The van der Waals surface area contributed by atoms with E-state index in [2.05, 4.69) is 10.4 Å². The van der Waals surface area contributed by atoms with Gasteiger partial charge in [-0.1, -0.05) is 23.7 Å². The molecule has 0 saturated heterocycles. The average Bonchev–Trinajstić information content (AvgIpc) is 2.85. The molecule has 2 aromatic rings. The van der Waals surface area contributed by atoms with Crippen LogP contribution < -0.4 is 11.0 Å². The van der Waals surface area contributed by atoms with E-state index in [1.165, 1.54) is 4.57 Å². The fourth-order valence-corrected chi connectivity index (χ4v) is 3.18. The molecule has 2 heterocycles. The summed E-state index contributed by atoms with van der Waals surface area (Å²) in [6.07, 6.45) is 0. The summed E-state index contributed by atoms with van der Waals surface area (Å²) in [6, 6.07) is 7.28. The van der Waals surface area contributed by atoms with Crippen LogP contribution >= 0.6 is 11.6 Å². The van der Waals surface area contributed by atoms with E-state index < -0.39 is 11.2 Å². The van der Waals surface area contributed by atoms with Crippen LogP contribution in [0, 0.1) is 0 Å². The first kappa shape index (κ1) is 19.2. The molecule has 0 fully saturated rings. The second-order valence-electron chi connectivity index (χ2n) is 7.57. The Labute approximate surface area is 161 Å². The van der Waals surface area contributed by atoms with Crippen LogP contribution in [0.15, 0.2) is 29.1 Å². The second-order valence-corrected chi connectivity index (χ2v) is 8.01. The molecular formula is C18H22ClN5O3. The molecule has 1 aliphatic rings. The molecule has 9 heteroatoms.